The van der Waals surface area contributed by atoms with Gasteiger partial charge in [0.15, 0.2) is 11.5 Å². The van der Waals surface area contributed by atoms with Gasteiger partial charge in [0, 0.05) is 20.6 Å². The fraction of sp³-hybridized carbons (Fsp3) is 0.250. The molecule has 2 aromatic rings. The number of nitrogens with one attached hydrogen (secondary N) is 1. The highest BCUT2D eigenvalue weighted by Crippen LogP contribution is 2.33. The average Bonchev–Trinajstić information content (AvgIpc) is 2.92. The molecule has 0 aromatic heterocycles. The largest absolute Gasteiger partial charge is 0.454 e. The van der Waals surface area contributed by atoms with Crippen LogP contribution in [0.2, 0.25) is 0 Å². The first-order valence-electron chi connectivity index (χ1n) is 6.63. The van der Waals surface area contributed by atoms with E-state index < -0.39 is 0 Å². The van der Waals surface area contributed by atoms with E-state index in [1.807, 2.05) is 38.4 Å². The molecule has 0 fully saturated rings. The summed E-state index contributed by atoms with van der Waals surface area (Å²) in [5, 5.41) is 3.46. The van der Waals surface area contributed by atoms with Crippen LogP contribution in [0, 0.1) is 0 Å². The van der Waals surface area contributed by atoms with Crippen molar-refractivity contribution in [3.8, 4) is 11.5 Å². The zero-order valence-electron chi connectivity index (χ0n) is 11.7. The van der Waals surface area contributed by atoms with Crippen LogP contribution >= 0.6 is 0 Å². The quantitative estimate of drug-likeness (QED) is 0.925. The summed E-state index contributed by atoms with van der Waals surface area (Å²) in [6, 6.07) is 14.3. The normalized spacial score (nSPS) is 12.3. The van der Waals surface area contributed by atoms with E-state index >= 15 is 0 Å². The van der Waals surface area contributed by atoms with Crippen molar-refractivity contribution in [3.05, 3.63) is 48.0 Å². The predicted molar refractivity (Wildman–Crippen MR) is 80.7 cm³/mol. The van der Waals surface area contributed by atoms with Crippen molar-refractivity contribution in [2.45, 2.75) is 6.54 Å². The Kier molecular flexibility index (Phi) is 3.37. The molecular weight excluding hydrogens is 252 g/mol. The van der Waals surface area contributed by atoms with Crippen molar-refractivity contribution in [1.29, 1.82) is 0 Å². The molecule has 4 heteroatoms. The molecule has 0 saturated heterocycles. The van der Waals surface area contributed by atoms with E-state index in [0.29, 0.717) is 6.79 Å². The highest BCUT2D eigenvalue weighted by molar-refractivity contribution is 5.69. The summed E-state index contributed by atoms with van der Waals surface area (Å²) in [6.07, 6.45) is 0. The third kappa shape index (κ3) is 2.50. The number of ether oxygens (including phenoxy) is 2. The van der Waals surface area contributed by atoms with Crippen LogP contribution in [0.5, 0.6) is 11.5 Å². The van der Waals surface area contributed by atoms with Crippen LogP contribution in [-0.2, 0) is 6.54 Å². The maximum atomic E-state index is 5.39. The van der Waals surface area contributed by atoms with E-state index in [1.165, 1.54) is 11.3 Å². The molecule has 0 unspecified atom stereocenters. The Balaban J connectivity index is 1.74. The van der Waals surface area contributed by atoms with Gasteiger partial charge in [0.1, 0.15) is 0 Å². The number of hydrogen-bond donors (Lipinski definition) is 1. The molecule has 0 atom stereocenters. The number of rotatable bonds is 4. The van der Waals surface area contributed by atoms with Crippen molar-refractivity contribution in [2.75, 3.05) is 31.1 Å². The summed E-state index contributed by atoms with van der Waals surface area (Å²) in [6.45, 7) is 1.07. The number of anilines is 2. The molecule has 0 radical (unpaired) electrons. The average molecular weight is 270 g/mol. The summed E-state index contributed by atoms with van der Waals surface area (Å²) >= 11 is 0. The molecule has 1 aliphatic rings. The summed E-state index contributed by atoms with van der Waals surface area (Å²) in [5.74, 6) is 1.65. The lowest BCUT2D eigenvalue weighted by Crippen LogP contribution is -2.12. The van der Waals surface area contributed by atoms with Crippen molar-refractivity contribution in [1.82, 2.24) is 0 Å². The minimum atomic E-state index is 0.315. The van der Waals surface area contributed by atoms with Crippen LogP contribution in [0.3, 0.4) is 0 Å². The molecule has 20 heavy (non-hydrogen) atoms. The number of para-hydroxylation sites is 2. The number of nitrogens with zero attached hydrogens (tertiary/aromatic N) is 1. The van der Waals surface area contributed by atoms with Crippen molar-refractivity contribution in [2.24, 2.45) is 0 Å². The van der Waals surface area contributed by atoms with Crippen LogP contribution in [0.25, 0.3) is 0 Å². The molecular formula is C16H18N2O2. The van der Waals surface area contributed by atoms with Gasteiger partial charge in [-0.1, -0.05) is 18.2 Å². The Labute approximate surface area is 118 Å². The van der Waals surface area contributed by atoms with Gasteiger partial charge in [-0.05, 0) is 29.8 Å². The van der Waals surface area contributed by atoms with Crippen LogP contribution in [0.15, 0.2) is 42.5 Å². The summed E-state index contributed by atoms with van der Waals surface area (Å²) in [7, 11) is 4.09. The van der Waals surface area contributed by atoms with E-state index in [-0.39, 0.29) is 0 Å². The smallest absolute Gasteiger partial charge is 0.231 e. The van der Waals surface area contributed by atoms with Crippen molar-refractivity contribution < 1.29 is 9.47 Å². The van der Waals surface area contributed by atoms with Gasteiger partial charge in [0.25, 0.3) is 0 Å². The third-order valence-corrected chi connectivity index (χ3v) is 3.31. The lowest BCUT2D eigenvalue weighted by molar-refractivity contribution is 0.174. The molecule has 0 saturated carbocycles. The maximum absolute atomic E-state index is 5.39. The summed E-state index contributed by atoms with van der Waals surface area (Å²) < 4.78 is 10.7. The first-order valence-corrected chi connectivity index (χ1v) is 6.63. The van der Waals surface area contributed by atoms with Crippen LogP contribution in [0.4, 0.5) is 11.4 Å². The number of benzene rings is 2. The minimum absolute atomic E-state index is 0.315. The molecule has 2 aromatic carbocycles. The molecule has 0 aliphatic carbocycles. The van der Waals surface area contributed by atoms with Gasteiger partial charge in [0.05, 0.1) is 11.4 Å². The molecule has 4 nitrogen and oxygen atoms in total. The molecule has 0 spiro atoms. The highest BCUT2D eigenvalue weighted by atomic mass is 16.7. The van der Waals surface area contributed by atoms with E-state index in [9.17, 15) is 0 Å². The Bertz CT molecular complexity index is 611. The lowest BCUT2D eigenvalue weighted by Gasteiger charge is -2.18. The van der Waals surface area contributed by atoms with Gasteiger partial charge in [0.2, 0.25) is 6.79 Å². The molecule has 1 aliphatic heterocycles. The molecule has 0 bridgehead atoms. The molecule has 1 heterocycles. The SMILES string of the molecule is CN(C)c1ccccc1NCc1ccc2c(c1)OCO2. The second-order valence-electron chi connectivity index (χ2n) is 4.95. The molecule has 3 rings (SSSR count). The van der Waals surface area contributed by atoms with Crippen molar-refractivity contribution in [3.63, 3.8) is 0 Å². The van der Waals surface area contributed by atoms with Gasteiger partial charge < -0.3 is 19.7 Å². The third-order valence-electron chi connectivity index (χ3n) is 3.31. The van der Waals surface area contributed by atoms with E-state index in [0.717, 1.165) is 23.7 Å². The predicted octanol–water partition coefficient (Wildman–Crippen LogP) is 3.09. The number of fused-ring (bicyclic) bond motifs is 1. The minimum Gasteiger partial charge on any atom is -0.454 e. The summed E-state index contributed by atoms with van der Waals surface area (Å²) in [5.41, 5.74) is 3.46. The van der Waals surface area contributed by atoms with Gasteiger partial charge >= 0.3 is 0 Å². The van der Waals surface area contributed by atoms with Crippen LogP contribution in [0.1, 0.15) is 5.56 Å². The fourth-order valence-electron chi connectivity index (χ4n) is 2.26. The Hall–Kier alpha value is -2.36. The standard InChI is InChI=1S/C16H18N2O2/c1-18(2)14-6-4-3-5-13(14)17-10-12-7-8-15-16(9-12)20-11-19-15/h3-9,17H,10-11H2,1-2H3. The van der Waals surface area contributed by atoms with Gasteiger partial charge in [-0.25, -0.2) is 0 Å². The van der Waals surface area contributed by atoms with Crippen LogP contribution in [-0.4, -0.2) is 20.9 Å². The highest BCUT2D eigenvalue weighted by Gasteiger charge is 2.13. The molecule has 1 N–H and O–H groups in total. The van der Waals surface area contributed by atoms with Gasteiger partial charge in [-0.2, -0.15) is 0 Å². The molecule has 104 valence electrons. The first-order chi connectivity index (χ1) is 9.74. The second kappa shape index (κ2) is 5.33. The topological polar surface area (TPSA) is 33.7 Å². The number of hydrogen-bond acceptors (Lipinski definition) is 4. The van der Waals surface area contributed by atoms with Gasteiger partial charge in [-0.15, -0.1) is 0 Å². The van der Waals surface area contributed by atoms with E-state index in [2.05, 4.69) is 28.4 Å². The molecule has 0 amide bonds. The van der Waals surface area contributed by atoms with E-state index in [4.69, 9.17) is 9.47 Å². The van der Waals surface area contributed by atoms with E-state index in [1.54, 1.807) is 0 Å². The monoisotopic (exact) mass is 270 g/mol. The Morgan fingerprint density at radius 2 is 1.85 bits per heavy atom. The Morgan fingerprint density at radius 3 is 2.70 bits per heavy atom. The second-order valence-corrected chi connectivity index (χ2v) is 4.95. The maximum Gasteiger partial charge on any atom is 0.231 e. The Morgan fingerprint density at radius 1 is 1.05 bits per heavy atom. The van der Waals surface area contributed by atoms with Gasteiger partial charge in [-0.3, -0.25) is 0 Å². The zero-order chi connectivity index (χ0) is 13.9. The first kappa shape index (κ1) is 12.7. The van der Waals surface area contributed by atoms with Crippen molar-refractivity contribution >= 4 is 11.4 Å². The fourth-order valence-corrected chi connectivity index (χ4v) is 2.26. The summed E-state index contributed by atoms with van der Waals surface area (Å²) in [4.78, 5) is 2.10. The van der Waals surface area contributed by atoms with Crippen LogP contribution < -0.4 is 19.7 Å². The zero-order valence-corrected chi connectivity index (χ0v) is 11.7. The lowest BCUT2D eigenvalue weighted by atomic mass is 10.2.